The molecular formula is C21H22ClF2NO6S. The fraction of sp³-hybridized carbons (Fsp3) is 0.381. The Morgan fingerprint density at radius 1 is 1.09 bits per heavy atom. The first-order valence-electron chi connectivity index (χ1n) is 9.81. The van der Waals surface area contributed by atoms with Crippen LogP contribution in [0.5, 0.6) is 11.5 Å². The van der Waals surface area contributed by atoms with Crippen molar-refractivity contribution >= 4 is 27.6 Å². The highest BCUT2D eigenvalue weighted by molar-refractivity contribution is 7.89. The minimum absolute atomic E-state index is 0.0199. The van der Waals surface area contributed by atoms with Gasteiger partial charge in [-0.1, -0.05) is 24.1 Å². The first-order chi connectivity index (χ1) is 15.2. The standard InChI is InChI=1S/C21H22ClF2NO6S/c1-29-18-11-14(5-8-17(18)31-21(23)24)13-30-20(26)15-6-7-16(22)19(12-15)32(27,28)25-9-3-2-4-10-25/h5-8,11-12,21H,2-4,9-10,13H2,1H3. The van der Waals surface area contributed by atoms with Crippen molar-refractivity contribution in [2.75, 3.05) is 20.2 Å². The lowest BCUT2D eigenvalue weighted by Crippen LogP contribution is -2.35. The molecule has 174 valence electrons. The van der Waals surface area contributed by atoms with Gasteiger partial charge in [0.2, 0.25) is 10.0 Å². The molecule has 0 atom stereocenters. The third-order valence-corrected chi connectivity index (χ3v) is 7.29. The van der Waals surface area contributed by atoms with Gasteiger partial charge in [-0.25, -0.2) is 13.2 Å². The Morgan fingerprint density at radius 2 is 1.81 bits per heavy atom. The summed E-state index contributed by atoms with van der Waals surface area (Å²) in [5.74, 6) is -0.855. The van der Waals surface area contributed by atoms with Crippen LogP contribution in [0.3, 0.4) is 0 Å². The summed E-state index contributed by atoms with van der Waals surface area (Å²) < 4.78 is 66.8. The van der Waals surface area contributed by atoms with Crippen LogP contribution in [0.25, 0.3) is 0 Å². The molecule has 0 spiro atoms. The minimum Gasteiger partial charge on any atom is -0.493 e. The lowest BCUT2D eigenvalue weighted by Gasteiger charge is -2.26. The maximum absolute atomic E-state index is 13.0. The first kappa shape index (κ1) is 24.2. The van der Waals surface area contributed by atoms with Gasteiger partial charge in [-0.05, 0) is 48.7 Å². The van der Waals surface area contributed by atoms with Gasteiger partial charge in [-0.3, -0.25) is 0 Å². The molecule has 7 nitrogen and oxygen atoms in total. The quantitative estimate of drug-likeness (QED) is 0.508. The van der Waals surface area contributed by atoms with Gasteiger partial charge < -0.3 is 14.2 Å². The number of halogens is 3. The van der Waals surface area contributed by atoms with Crippen LogP contribution in [-0.2, 0) is 21.4 Å². The summed E-state index contributed by atoms with van der Waals surface area (Å²) in [6.07, 6.45) is 2.50. The van der Waals surface area contributed by atoms with E-state index in [1.807, 2.05) is 0 Å². The zero-order valence-electron chi connectivity index (χ0n) is 17.2. The zero-order chi connectivity index (χ0) is 23.3. The van der Waals surface area contributed by atoms with Gasteiger partial charge in [0.05, 0.1) is 17.7 Å². The summed E-state index contributed by atoms with van der Waals surface area (Å²) in [6.45, 7) is -2.39. The largest absolute Gasteiger partial charge is 0.493 e. The van der Waals surface area contributed by atoms with Crippen LogP contribution in [0.2, 0.25) is 5.02 Å². The van der Waals surface area contributed by atoms with Crippen LogP contribution < -0.4 is 9.47 Å². The zero-order valence-corrected chi connectivity index (χ0v) is 18.8. The smallest absolute Gasteiger partial charge is 0.387 e. The third-order valence-electron chi connectivity index (χ3n) is 4.91. The van der Waals surface area contributed by atoms with E-state index >= 15 is 0 Å². The molecule has 0 bridgehead atoms. The molecule has 0 N–H and O–H groups in total. The highest BCUT2D eigenvalue weighted by atomic mass is 35.5. The summed E-state index contributed by atoms with van der Waals surface area (Å²) >= 11 is 6.12. The van der Waals surface area contributed by atoms with E-state index < -0.39 is 22.6 Å². The van der Waals surface area contributed by atoms with Crippen molar-refractivity contribution < 1.29 is 36.2 Å². The van der Waals surface area contributed by atoms with Gasteiger partial charge >= 0.3 is 12.6 Å². The van der Waals surface area contributed by atoms with Crippen LogP contribution in [-0.4, -0.2) is 45.5 Å². The molecule has 1 aliphatic rings. The Bertz CT molecular complexity index is 1070. The number of benzene rings is 2. The number of rotatable bonds is 8. The Balaban J connectivity index is 1.74. The van der Waals surface area contributed by atoms with Crippen LogP contribution in [0.4, 0.5) is 8.78 Å². The Morgan fingerprint density at radius 3 is 2.47 bits per heavy atom. The highest BCUT2D eigenvalue weighted by Crippen LogP contribution is 2.30. The van der Waals surface area contributed by atoms with Crippen LogP contribution in [0.15, 0.2) is 41.3 Å². The number of hydrogen-bond acceptors (Lipinski definition) is 6. The summed E-state index contributed by atoms with van der Waals surface area (Å²) in [6, 6.07) is 8.05. The van der Waals surface area contributed by atoms with Gasteiger partial charge in [0.25, 0.3) is 0 Å². The maximum Gasteiger partial charge on any atom is 0.387 e. The molecule has 3 rings (SSSR count). The molecular weight excluding hydrogens is 468 g/mol. The van der Waals surface area contributed by atoms with Crippen LogP contribution in [0.1, 0.15) is 35.2 Å². The average molecular weight is 490 g/mol. The first-order valence-corrected chi connectivity index (χ1v) is 11.6. The Kier molecular flexibility index (Phi) is 7.91. The van der Waals surface area contributed by atoms with Crippen molar-refractivity contribution in [2.24, 2.45) is 0 Å². The predicted octanol–water partition coefficient (Wildman–Crippen LogP) is 4.48. The van der Waals surface area contributed by atoms with Gasteiger partial charge in [-0.2, -0.15) is 13.1 Å². The number of alkyl halides is 2. The van der Waals surface area contributed by atoms with Gasteiger partial charge in [0.15, 0.2) is 11.5 Å². The van der Waals surface area contributed by atoms with E-state index in [1.54, 1.807) is 0 Å². The second-order valence-corrected chi connectivity index (χ2v) is 9.36. The maximum atomic E-state index is 13.0. The summed E-state index contributed by atoms with van der Waals surface area (Å²) in [5, 5.41) is 0.0199. The van der Waals surface area contributed by atoms with Crippen LogP contribution in [0, 0.1) is 0 Å². The van der Waals surface area contributed by atoms with E-state index in [4.69, 9.17) is 21.1 Å². The average Bonchev–Trinajstić information content (AvgIpc) is 2.78. The molecule has 1 fully saturated rings. The number of nitrogens with zero attached hydrogens (tertiary/aromatic N) is 1. The lowest BCUT2D eigenvalue weighted by atomic mass is 10.2. The van der Waals surface area contributed by atoms with E-state index in [2.05, 4.69) is 4.74 Å². The number of carbonyl (C=O) groups is 1. The molecule has 1 saturated heterocycles. The summed E-state index contributed by atoms with van der Waals surface area (Å²) in [7, 11) is -2.54. The number of carbonyl (C=O) groups excluding carboxylic acids is 1. The highest BCUT2D eigenvalue weighted by Gasteiger charge is 2.29. The van der Waals surface area contributed by atoms with E-state index in [0.29, 0.717) is 18.7 Å². The molecule has 1 heterocycles. The molecule has 0 aliphatic carbocycles. The SMILES string of the molecule is COc1cc(COC(=O)c2ccc(Cl)c(S(=O)(=O)N3CCCCC3)c2)ccc1OC(F)F. The monoisotopic (exact) mass is 489 g/mol. The topological polar surface area (TPSA) is 82.1 Å². The molecule has 2 aromatic carbocycles. The van der Waals surface area contributed by atoms with Crippen LogP contribution >= 0.6 is 11.6 Å². The van der Waals surface area contributed by atoms with Crippen molar-refractivity contribution in [2.45, 2.75) is 37.4 Å². The number of ether oxygens (including phenoxy) is 3. The molecule has 2 aromatic rings. The van der Waals surface area contributed by atoms with Gasteiger partial charge in [-0.15, -0.1) is 0 Å². The van der Waals surface area contributed by atoms with Crippen molar-refractivity contribution in [3.8, 4) is 11.5 Å². The molecule has 1 aliphatic heterocycles. The van der Waals surface area contributed by atoms with Crippen molar-refractivity contribution in [1.29, 1.82) is 0 Å². The number of esters is 1. The second kappa shape index (κ2) is 10.5. The van der Waals surface area contributed by atoms with E-state index in [9.17, 15) is 22.0 Å². The molecule has 0 saturated carbocycles. The molecule has 11 heteroatoms. The van der Waals surface area contributed by atoms with E-state index in [-0.39, 0.29) is 33.6 Å². The van der Waals surface area contributed by atoms with Crippen molar-refractivity contribution in [3.63, 3.8) is 0 Å². The summed E-state index contributed by atoms with van der Waals surface area (Å²) in [5.41, 5.74) is 0.488. The Hall–Kier alpha value is -2.43. The van der Waals surface area contributed by atoms with Gasteiger partial charge in [0.1, 0.15) is 11.5 Å². The van der Waals surface area contributed by atoms with Crippen molar-refractivity contribution in [3.05, 3.63) is 52.5 Å². The second-order valence-electron chi connectivity index (χ2n) is 7.05. The fourth-order valence-electron chi connectivity index (χ4n) is 3.30. The molecule has 0 unspecified atom stereocenters. The third kappa shape index (κ3) is 5.67. The minimum atomic E-state index is -3.84. The molecule has 0 aromatic heterocycles. The lowest BCUT2D eigenvalue weighted by molar-refractivity contribution is -0.0512. The van der Waals surface area contributed by atoms with E-state index in [1.165, 1.54) is 47.8 Å². The van der Waals surface area contributed by atoms with E-state index in [0.717, 1.165) is 19.3 Å². The number of sulfonamides is 1. The fourth-order valence-corrected chi connectivity index (χ4v) is 5.32. The number of piperidine rings is 1. The Labute approximate surface area is 189 Å². The molecule has 0 amide bonds. The van der Waals surface area contributed by atoms with Crippen molar-refractivity contribution in [1.82, 2.24) is 4.31 Å². The number of hydrogen-bond donors (Lipinski definition) is 0. The predicted molar refractivity (Wildman–Crippen MR) is 113 cm³/mol. The summed E-state index contributed by atoms with van der Waals surface area (Å²) in [4.78, 5) is 12.4. The number of methoxy groups -OCH3 is 1. The normalized spacial score (nSPS) is 14.9. The molecule has 32 heavy (non-hydrogen) atoms. The van der Waals surface area contributed by atoms with Gasteiger partial charge in [0, 0.05) is 13.1 Å². The molecule has 0 radical (unpaired) electrons.